The molecule has 1 aliphatic heterocycles. The van der Waals surface area contributed by atoms with Crippen LogP contribution >= 0.6 is 0 Å². The maximum Gasteiger partial charge on any atom is 0.415 e. The molecule has 1 amide bonds. The Morgan fingerprint density at radius 1 is 1.35 bits per heavy atom. The summed E-state index contributed by atoms with van der Waals surface area (Å²) < 4.78 is 5.03. The van der Waals surface area contributed by atoms with Crippen molar-refractivity contribution in [1.29, 1.82) is 0 Å². The molecule has 0 bridgehead atoms. The molecule has 1 heterocycles. The summed E-state index contributed by atoms with van der Waals surface area (Å²) in [6, 6.07) is 6.52. The largest absolute Gasteiger partial charge is 0.478 e. The lowest BCUT2D eigenvalue weighted by atomic mass is 10.1. The molecule has 2 aliphatic rings. The van der Waals surface area contributed by atoms with Crippen LogP contribution in [0.25, 0.3) is 0 Å². The van der Waals surface area contributed by atoms with E-state index in [1.165, 1.54) is 11.0 Å². The quantitative estimate of drug-likeness (QED) is 0.846. The summed E-state index contributed by atoms with van der Waals surface area (Å²) in [5.74, 6) is -1.03. The molecular weight excluding hydrogens is 222 g/mol. The summed E-state index contributed by atoms with van der Waals surface area (Å²) in [7, 11) is 0. The van der Waals surface area contributed by atoms with Gasteiger partial charge in [-0.25, -0.2) is 9.59 Å². The molecule has 1 aromatic carbocycles. The Kier molecular flexibility index (Phi) is 1.92. The van der Waals surface area contributed by atoms with Crippen molar-refractivity contribution >= 4 is 17.7 Å². The molecule has 1 aromatic rings. The van der Waals surface area contributed by atoms with Gasteiger partial charge in [0.1, 0.15) is 6.61 Å². The van der Waals surface area contributed by atoms with E-state index in [2.05, 4.69) is 0 Å². The minimum absolute atomic E-state index is 0.137. The molecule has 1 aliphatic carbocycles. The second-order valence-corrected chi connectivity index (χ2v) is 4.44. The molecule has 1 saturated carbocycles. The summed E-state index contributed by atoms with van der Waals surface area (Å²) in [6.45, 7) is 0.361. The van der Waals surface area contributed by atoms with Crippen molar-refractivity contribution < 1.29 is 19.4 Å². The number of para-hydroxylation sites is 1. The van der Waals surface area contributed by atoms with E-state index in [0.717, 1.165) is 12.8 Å². The zero-order valence-electron chi connectivity index (χ0n) is 9.05. The van der Waals surface area contributed by atoms with Crippen molar-refractivity contribution in [2.24, 2.45) is 0 Å². The van der Waals surface area contributed by atoms with Crippen LogP contribution in [0.2, 0.25) is 0 Å². The first kappa shape index (κ1) is 10.1. The van der Waals surface area contributed by atoms with E-state index >= 15 is 0 Å². The number of carboxylic acids is 1. The third kappa shape index (κ3) is 1.39. The topological polar surface area (TPSA) is 66.8 Å². The van der Waals surface area contributed by atoms with Gasteiger partial charge in [0, 0.05) is 0 Å². The number of carbonyl (C=O) groups excluding carboxylic acids is 1. The van der Waals surface area contributed by atoms with Gasteiger partial charge in [-0.3, -0.25) is 4.90 Å². The SMILES string of the molecule is O=C(O)c1ccccc1N1C(=O)OCC12CC2. The number of hydrogen-bond donors (Lipinski definition) is 1. The third-order valence-electron chi connectivity index (χ3n) is 3.32. The Hall–Kier alpha value is -2.04. The maximum atomic E-state index is 11.7. The monoisotopic (exact) mass is 233 g/mol. The molecule has 1 N–H and O–H groups in total. The number of rotatable bonds is 2. The van der Waals surface area contributed by atoms with E-state index in [4.69, 9.17) is 9.84 Å². The van der Waals surface area contributed by atoms with Gasteiger partial charge in [0.15, 0.2) is 0 Å². The number of cyclic esters (lactones) is 1. The third-order valence-corrected chi connectivity index (χ3v) is 3.32. The fraction of sp³-hybridized carbons (Fsp3) is 0.333. The van der Waals surface area contributed by atoms with Crippen LogP contribution in [-0.2, 0) is 4.74 Å². The second kappa shape index (κ2) is 3.23. The Balaban J connectivity index is 2.09. The van der Waals surface area contributed by atoms with E-state index in [9.17, 15) is 9.59 Å². The molecule has 5 heteroatoms. The van der Waals surface area contributed by atoms with Gasteiger partial charge in [0.05, 0.1) is 16.8 Å². The van der Waals surface area contributed by atoms with Crippen LogP contribution in [0, 0.1) is 0 Å². The maximum absolute atomic E-state index is 11.7. The van der Waals surface area contributed by atoms with Gasteiger partial charge in [-0.2, -0.15) is 0 Å². The number of amides is 1. The van der Waals surface area contributed by atoms with Gasteiger partial charge in [-0.05, 0) is 25.0 Å². The number of aromatic carboxylic acids is 1. The molecule has 17 heavy (non-hydrogen) atoms. The van der Waals surface area contributed by atoms with Gasteiger partial charge in [-0.15, -0.1) is 0 Å². The van der Waals surface area contributed by atoms with Crippen LogP contribution in [0.15, 0.2) is 24.3 Å². The summed E-state index contributed by atoms with van der Waals surface area (Å²) in [5, 5.41) is 9.12. The van der Waals surface area contributed by atoms with Crippen LogP contribution in [-0.4, -0.2) is 29.3 Å². The minimum Gasteiger partial charge on any atom is -0.478 e. The van der Waals surface area contributed by atoms with Gasteiger partial charge < -0.3 is 9.84 Å². The predicted molar refractivity (Wildman–Crippen MR) is 59.2 cm³/mol. The van der Waals surface area contributed by atoms with Crippen molar-refractivity contribution in [3.63, 3.8) is 0 Å². The highest BCUT2D eigenvalue weighted by Gasteiger charge is 2.57. The van der Waals surface area contributed by atoms with Crippen molar-refractivity contribution in [2.75, 3.05) is 11.5 Å². The first-order chi connectivity index (χ1) is 8.14. The molecule has 2 fully saturated rings. The lowest BCUT2D eigenvalue weighted by molar-refractivity contribution is 0.0697. The fourth-order valence-electron chi connectivity index (χ4n) is 2.23. The molecule has 1 spiro atoms. The average molecular weight is 233 g/mol. The fourth-order valence-corrected chi connectivity index (χ4v) is 2.23. The Morgan fingerprint density at radius 2 is 2.06 bits per heavy atom. The molecule has 5 nitrogen and oxygen atoms in total. The van der Waals surface area contributed by atoms with Crippen molar-refractivity contribution in [1.82, 2.24) is 0 Å². The van der Waals surface area contributed by atoms with Crippen molar-refractivity contribution in [2.45, 2.75) is 18.4 Å². The molecule has 1 saturated heterocycles. The van der Waals surface area contributed by atoms with Gasteiger partial charge in [-0.1, -0.05) is 12.1 Å². The summed E-state index contributed by atoms with van der Waals surface area (Å²) >= 11 is 0. The Bertz CT molecular complexity index is 507. The molecule has 3 rings (SSSR count). The number of anilines is 1. The molecule has 0 atom stereocenters. The highest BCUT2D eigenvalue weighted by atomic mass is 16.6. The standard InChI is InChI=1S/C12H11NO4/c14-10(15)8-3-1-2-4-9(8)13-11(16)17-7-12(13)5-6-12/h1-4H,5-7H2,(H,14,15). The second-order valence-electron chi connectivity index (χ2n) is 4.44. The number of hydrogen-bond acceptors (Lipinski definition) is 3. The van der Waals surface area contributed by atoms with Crippen LogP contribution in [0.3, 0.4) is 0 Å². The molecule has 0 unspecified atom stereocenters. The van der Waals surface area contributed by atoms with Gasteiger partial charge >= 0.3 is 12.1 Å². The molecule has 88 valence electrons. The van der Waals surface area contributed by atoms with Crippen LogP contribution in [0.1, 0.15) is 23.2 Å². The lowest BCUT2D eigenvalue weighted by Gasteiger charge is -2.22. The molecule has 0 radical (unpaired) electrons. The van der Waals surface area contributed by atoms with Crippen LogP contribution in [0.5, 0.6) is 0 Å². The van der Waals surface area contributed by atoms with E-state index < -0.39 is 12.1 Å². The van der Waals surface area contributed by atoms with Crippen LogP contribution < -0.4 is 4.90 Å². The zero-order chi connectivity index (χ0) is 12.0. The number of ether oxygens (including phenoxy) is 1. The predicted octanol–water partition coefficient (Wildman–Crippen LogP) is 1.87. The number of nitrogens with zero attached hydrogens (tertiary/aromatic N) is 1. The zero-order valence-corrected chi connectivity index (χ0v) is 9.05. The summed E-state index contributed by atoms with van der Waals surface area (Å²) in [5.41, 5.74) is 0.278. The van der Waals surface area contributed by atoms with Gasteiger partial charge in [0.2, 0.25) is 0 Å². The number of benzene rings is 1. The summed E-state index contributed by atoms with van der Waals surface area (Å²) in [4.78, 5) is 24.4. The highest BCUT2D eigenvalue weighted by Crippen LogP contribution is 2.48. The number of carbonyl (C=O) groups is 2. The average Bonchev–Trinajstić information content (AvgIpc) is 3.00. The van der Waals surface area contributed by atoms with E-state index in [1.807, 2.05) is 0 Å². The first-order valence-electron chi connectivity index (χ1n) is 5.43. The Labute approximate surface area is 97.6 Å². The molecular formula is C12H11NO4. The minimum atomic E-state index is -1.03. The van der Waals surface area contributed by atoms with Crippen LogP contribution in [0.4, 0.5) is 10.5 Å². The highest BCUT2D eigenvalue weighted by molar-refractivity contribution is 6.01. The van der Waals surface area contributed by atoms with E-state index in [0.29, 0.717) is 12.3 Å². The smallest absolute Gasteiger partial charge is 0.415 e. The first-order valence-corrected chi connectivity index (χ1v) is 5.43. The van der Waals surface area contributed by atoms with Gasteiger partial charge in [0.25, 0.3) is 0 Å². The van der Waals surface area contributed by atoms with E-state index in [-0.39, 0.29) is 11.1 Å². The number of carboxylic acid groups (broad SMARTS) is 1. The van der Waals surface area contributed by atoms with Crippen molar-refractivity contribution in [3.05, 3.63) is 29.8 Å². The summed E-state index contributed by atoms with van der Waals surface area (Å²) in [6.07, 6.45) is 1.29. The Morgan fingerprint density at radius 3 is 2.71 bits per heavy atom. The normalized spacial score (nSPS) is 20.5. The molecule has 0 aromatic heterocycles. The van der Waals surface area contributed by atoms with E-state index in [1.54, 1.807) is 18.2 Å². The lowest BCUT2D eigenvalue weighted by Crippen LogP contribution is -2.36. The van der Waals surface area contributed by atoms with Crippen molar-refractivity contribution in [3.8, 4) is 0 Å².